The lowest BCUT2D eigenvalue weighted by Crippen LogP contribution is -2.56. The topological polar surface area (TPSA) is 66.8 Å². The van der Waals surface area contributed by atoms with Crippen LogP contribution in [0.25, 0.3) is 0 Å². The van der Waals surface area contributed by atoms with Gasteiger partial charge in [0.05, 0.1) is 7.11 Å². The summed E-state index contributed by atoms with van der Waals surface area (Å²) in [6.45, 7) is 10.2. The fourth-order valence-corrected chi connectivity index (χ4v) is 4.48. The number of carboxylic acids is 1. The maximum absolute atomic E-state index is 13.7. The number of hydrogen-bond donors (Lipinski definition) is 1. The summed E-state index contributed by atoms with van der Waals surface area (Å²) in [7, 11) is 1.59. The van der Waals surface area contributed by atoms with Gasteiger partial charge in [-0.25, -0.2) is 4.79 Å². The average Bonchev–Trinajstić information content (AvgIpc) is 3.00. The molecule has 1 heterocycles. The summed E-state index contributed by atoms with van der Waals surface area (Å²) in [6.07, 6.45) is 0.680. The van der Waals surface area contributed by atoms with Crippen molar-refractivity contribution in [3.8, 4) is 5.75 Å². The molecule has 1 unspecified atom stereocenters. The zero-order valence-corrected chi connectivity index (χ0v) is 18.7. The van der Waals surface area contributed by atoms with Crippen molar-refractivity contribution < 1.29 is 19.4 Å². The van der Waals surface area contributed by atoms with E-state index in [0.29, 0.717) is 29.8 Å². The van der Waals surface area contributed by atoms with Crippen LogP contribution in [0.5, 0.6) is 5.75 Å². The van der Waals surface area contributed by atoms with Gasteiger partial charge in [0.2, 0.25) is 0 Å². The predicted octanol–water partition coefficient (Wildman–Crippen LogP) is 5.07. The Labute approximate surface area is 178 Å². The number of aliphatic carboxylic acids is 1. The Bertz CT molecular complexity index is 973. The van der Waals surface area contributed by atoms with E-state index in [1.807, 2.05) is 44.2 Å². The minimum Gasteiger partial charge on any atom is -0.496 e. The molecule has 3 rings (SSSR count). The van der Waals surface area contributed by atoms with Crippen molar-refractivity contribution in [2.45, 2.75) is 58.4 Å². The molecule has 30 heavy (non-hydrogen) atoms. The van der Waals surface area contributed by atoms with Crippen molar-refractivity contribution in [3.63, 3.8) is 0 Å². The van der Waals surface area contributed by atoms with Crippen molar-refractivity contribution >= 4 is 17.6 Å². The van der Waals surface area contributed by atoms with E-state index < -0.39 is 11.5 Å². The molecule has 160 valence electrons. The van der Waals surface area contributed by atoms with Gasteiger partial charge in [-0.05, 0) is 47.1 Å². The number of benzene rings is 2. The Morgan fingerprint density at radius 3 is 2.40 bits per heavy atom. The van der Waals surface area contributed by atoms with Gasteiger partial charge in [0.25, 0.3) is 5.91 Å². The first-order valence-electron chi connectivity index (χ1n) is 10.4. The molecule has 5 nitrogen and oxygen atoms in total. The normalized spacial score (nSPS) is 18.4. The first kappa shape index (κ1) is 21.9. The number of nitrogens with zero attached hydrogens (tertiary/aromatic N) is 1. The fourth-order valence-electron chi connectivity index (χ4n) is 4.48. The molecule has 1 aliphatic heterocycles. The lowest BCUT2D eigenvalue weighted by atomic mass is 9.84. The highest BCUT2D eigenvalue weighted by molar-refractivity contribution is 6.12. The zero-order chi connectivity index (χ0) is 22.3. The minimum atomic E-state index is -1.30. The molecule has 0 aromatic heterocycles. The highest BCUT2D eigenvalue weighted by Crippen LogP contribution is 2.44. The maximum atomic E-state index is 13.7. The van der Waals surface area contributed by atoms with Gasteiger partial charge >= 0.3 is 5.97 Å². The quantitative estimate of drug-likeness (QED) is 0.749. The molecular weight excluding hydrogens is 378 g/mol. The van der Waals surface area contributed by atoms with Crippen molar-refractivity contribution in [3.05, 3.63) is 59.2 Å². The molecule has 1 aliphatic rings. The molecule has 1 amide bonds. The number of rotatable bonds is 5. The monoisotopic (exact) mass is 409 g/mol. The summed E-state index contributed by atoms with van der Waals surface area (Å²) >= 11 is 0. The van der Waals surface area contributed by atoms with Crippen LogP contribution in [0.4, 0.5) is 5.69 Å². The van der Waals surface area contributed by atoms with Crippen molar-refractivity contribution in [1.82, 2.24) is 0 Å². The lowest BCUT2D eigenvalue weighted by molar-refractivity contribution is -0.143. The van der Waals surface area contributed by atoms with Gasteiger partial charge in [-0.15, -0.1) is 0 Å². The molecule has 0 aliphatic carbocycles. The second kappa shape index (κ2) is 7.78. The standard InChI is InChI=1S/C25H31NO4/c1-16(2)14-25(23(28)29)15-18-9-7-8-10-20(18)26(25)22(27)17-11-12-19(24(3,4)5)21(13-17)30-6/h7-13,16H,14-15H2,1-6H3,(H,28,29). The van der Waals surface area contributed by atoms with Crippen LogP contribution in [0.1, 0.15) is 62.5 Å². The van der Waals surface area contributed by atoms with E-state index in [0.717, 1.165) is 11.1 Å². The van der Waals surface area contributed by atoms with Gasteiger partial charge in [-0.3, -0.25) is 9.69 Å². The number of para-hydroxylation sites is 1. The Balaban J connectivity index is 2.15. The molecule has 1 atom stereocenters. The van der Waals surface area contributed by atoms with E-state index in [1.165, 1.54) is 4.90 Å². The largest absolute Gasteiger partial charge is 0.496 e. The summed E-state index contributed by atoms with van der Waals surface area (Å²) in [4.78, 5) is 27.8. The van der Waals surface area contributed by atoms with E-state index in [9.17, 15) is 14.7 Å². The second-order valence-electron chi connectivity index (χ2n) is 9.55. The highest BCUT2D eigenvalue weighted by Gasteiger charge is 2.53. The number of hydrogen-bond acceptors (Lipinski definition) is 3. The highest BCUT2D eigenvalue weighted by atomic mass is 16.5. The fraction of sp³-hybridized carbons (Fsp3) is 0.440. The Morgan fingerprint density at radius 2 is 1.83 bits per heavy atom. The molecule has 2 aromatic rings. The van der Waals surface area contributed by atoms with E-state index in [4.69, 9.17) is 4.74 Å². The van der Waals surface area contributed by atoms with Gasteiger partial charge in [0, 0.05) is 17.7 Å². The van der Waals surface area contributed by atoms with Gasteiger partial charge in [0.1, 0.15) is 11.3 Å². The van der Waals surface area contributed by atoms with E-state index in [1.54, 1.807) is 19.2 Å². The molecule has 5 heteroatoms. The third kappa shape index (κ3) is 3.69. The van der Waals surface area contributed by atoms with E-state index >= 15 is 0 Å². The summed E-state index contributed by atoms with van der Waals surface area (Å²) in [6, 6.07) is 12.9. The van der Waals surface area contributed by atoms with Gasteiger partial charge in [0.15, 0.2) is 0 Å². The summed E-state index contributed by atoms with van der Waals surface area (Å²) < 4.78 is 5.57. The molecule has 1 N–H and O–H groups in total. The molecule has 0 saturated carbocycles. The van der Waals surface area contributed by atoms with E-state index in [-0.39, 0.29) is 17.2 Å². The number of anilines is 1. The Kier molecular flexibility index (Phi) is 5.68. The number of carbonyl (C=O) groups excluding carboxylic acids is 1. The average molecular weight is 410 g/mol. The molecule has 0 saturated heterocycles. The van der Waals surface area contributed by atoms with Crippen molar-refractivity contribution in [1.29, 1.82) is 0 Å². The number of fused-ring (bicyclic) bond motifs is 1. The predicted molar refractivity (Wildman–Crippen MR) is 118 cm³/mol. The summed E-state index contributed by atoms with van der Waals surface area (Å²) in [5, 5.41) is 10.3. The molecule has 0 spiro atoms. The van der Waals surface area contributed by atoms with Crippen LogP contribution in [-0.2, 0) is 16.6 Å². The van der Waals surface area contributed by atoms with Crippen LogP contribution < -0.4 is 9.64 Å². The Hall–Kier alpha value is -2.82. The number of carboxylic acid groups (broad SMARTS) is 1. The molecule has 2 aromatic carbocycles. The number of methoxy groups -OCH3 is 1. The van der Waals surface area contributed by atoms with Crippen LogP contribution in [0.2, 0.25) is 0 Å². The van der Waals surface area contributed by atoms with Crippen molar-refractivity contribution in [2.24, 2.45) is 5.92 Å². The third-order valence-electron chi connectivity index (χ3n) is 5.75. The summed E-state index contributed by atoms with van der Waals surface area (Å²) in [5.74, 6) is -0.546. The number of amides is 1. The second-order valence-corrected chi connectivity index (χ2v) is 9.55. The van der Waals surface area contributed by atoms with Crippen LogP contribution in [0, 0.1) is 5.92 Å². The molecular formula is C25H31NO4. The van der Waals surface area contributed by atoms with Gasteiger partial charge in [-0.1, -0.05) is 58.9 Å². The summed E-state index contributed by atoms with van der Waals surface area (Å²) in [5.41, 5.74) is 1.53. The molecule has 0 radical (unpaired) electrons. The first-order valence-corrected chi connectivity index (χ1v) is 10.4. The first-order chi connectivity index (χ1) is 14.0. The van der Waals surface area contributed by atoms with Crippen molar-refractivity contribution in [2.75, 3.05) is 12.0 Å². The van der Waals surface area contributed by atoms with E-state index in [2.05, 4.69) is 20.8 Å². The van der Waals surface area contributed by atoms with Crippen LogP contribution >= 0.6 is 0 Å². The van der Waals surface area contributed by atoms with Gasteiger partial charge in [-0.2, -0.15) is 0 Å². The number of carbonyl (C=O) groups is 2. The molecule has 0 bridgehead atoms. The minimum absolute atomic E-state index is 0.114. The van der Waals surface area contributed by atoms with Crippen LogP contribution in [-0.4, -0.2) is 29.6 Å². The smallest absolute Gasteiger partial charge is 0.330 e. The Morgan fingerprint density at radius 1 is 1.17 bits per heavy atom. The molecule has 0 fully saturated rings. The maximum Gasteiger partial charge on any atom is 0.330 e. The zero-order valence-electron chi connectivity index (χ0n) is 18.7. The lowest BCUT2D eigenvalue weighted by Gasteiger charge is -2.36. The SMILES string of the molecule is COc1cc(C(=O)N2c3ccccc3CC2(CC(C)C)C(=O)O)ccc1C(C)(C)C. The number of ether oxygens (including phenoxy) is 1. The van der Waals surface area contributed by atoms with Crippen LogP contribution in [0.3, 0.4) is 0 Å². The van der Waals surface area contributed by atoms with Gasteiger partial charge < -0.3 is 9.84 Å². The van der Waals surface area contributed by atoms with Crippen LogP contribution in [0.15, 0.2) is 42.5 Å². The third-order valence-corrected chi connectivity index (χ3v) is 5.75.